The number of aromatic nitrogens is 3. The van der Waals surface area contributed by atoms with E-state index >= 15 is 0 Å². The van der Waals surface area contributed by atoms with E-state index in [9.17, 15) is 0 Å². The third-order valence-electron chi connectivity index (χ3n) is 4.19. The molecule has 0 radical (unpaired) electrons. The molecule has 0 aliphatic rings. The molecule has 2 aromatic heterocycles. The van der Waals surface area contributed by atoms with Crippen molar-refractivity contribution in [1.29, 1.82) is 0 Å². The molecule has 27 heavy (non-hydrogen) atoms. The van der Waals surface area contributed by atoms with Crippen molar-refractivity contribution in [1.82, 2.24) is 14.5 Å². The molecular formula is C20H26BrN3O2Si. The number of aryl methyl sites for hydroxylation is 1. The highest BCUT2D eigenvalue weighted by atomic mass is 79.9. The Kier molecular flexibility index (Phi) is 6.34. The van der Waals surface area contributed by atoms with Crippen molar-refractivity contribution in [2.24, 2.45) is 0 Å². The van der Waals surface area contributed by atoms with Crippen molar-refractivity contribution in [3.05, 3.63) is 52.4 Å². The molecule has 0 bridgehead atoms. The van der Waals surface area contributed by atoms with E-state index in [0.717, 1.165) is 33.7 Å². The highest BCUT2D eigenvalue weighted by Crippen LogP contribution is 2.32. The van der Waals surface area contributed by atoms with E-state index in [1.54, 1.807) is 0 Å². The van der Waals surface area contributed by atoms with Gasteiger partial charge in [-0.1, -0.05) is 50.0 Å². The minimum atomic E-state index is -1.09. The Morgan fingerprint density at radius 3 is 2.56 bits per heavy atom. The first-order valence-corrected chi connectivity index (χ1v) is 13.6. The predicted octanol–water partition coefficient (Wildman–Crippen LogP) is 5.39. The quantitative estimate of drug-likeness (QED) is 0.342. The van der Waals surface area contributed by atoms with Gasteiger partial charge in [0.2, 0.25) is 5.88 Å². The van der Waals surface area contributed by atoms with Gasteiger partial charge in [-0.2, -0.15) is 4.98 Å². The molecule has 0 atom stereocenters. The van der Waals surface area contributed by atoms with Crippen LogP contribution in [0.4, 0.5) is 0 Å². The summed E-state index contributed by atoms with van der Waals surface area (Å²) in [5, 5.41) is 0.880. The van der Waals surface area contributed by atoms with Crippen molar-refractivity contribution in [2.75, 3.05) is 6.61 Å². The summed E-state index contributed by atoms with van der Waals surface area (Å²) in [6.07, 6.45) is 1.99. The van der Waals surface area contributed by atoms with Crippen LogP contribution in [-0.4, -0.2) is 29.2 Å². The van der Waals surface area contributed by atoms with E-state index < -0.39 is 8.07 Å². The summed E-state index contributed by atoms with van der Waals surface area (Å²) in [4.78, 5) is 9.12. The van der Waals surface area contributed by atoms with Crippen molar-refractivity contribution in [2.45, 2.75) is 45.9 Å². The topological polar surface area (TPSA) is 49.2 Å². The first kappa shape index (κ1) is 20.0. The fourth-order valence-electron chi connectivity index (χ4n) is 2.68. The molecule has 0 N–H and O–H groups in total. The van der Waals surface area contributed by atoms with E-state index in [2.05, 4.69) is 45.5 Å². The van der Waals surface area contributed by atoms with Crippen molar-refractivity contribution in [3.63, 3.8) is 0 Å². The molecule has 0 aliphatic carbocycles. The van der Waals surface area contributed by atoms with Crippen LogP contribution in [0.1, 0.15) is 11.4 Å². The van der Waals surface area contributed by atoms with Gasteiger partial charge < -0.3 is 14.0 Å². The molecule has 0 saturated carbocycles. The van der Waals surface area contributed by atoms with Gasteiger partial charge in [0.1, 0.15) is 19.2 Å². The van der Waals surface area contributed by atoms with Gasteiger partial charge in [-0.15, -0.1) is 0 Å². The Labute approximate surface area is 169 Å². The van der Waals surface area contributed by atoms with Crippen LogP contribution in [0.3, 0.4) is 0 Å². The van der Waals surface area contributed by atoms with Crippen LogP contribution in [-0.2, 0) is 18.1 Å². The van der Waals surface area contributed by atoms with Gasteiger partial charge in [0.05, 0.1) is 9.86 Å². The van der Waals surface area contributed by atoms with Gasteiger partial charge in [-0.3, -0.25) is 0 Å². The minimum Gasteiger partial charge on any atom is -0.472 e. The first-order valence-electron chi connectivity index (χ1n) is 9.11. The Balaban J connectivity index is 1.78. The molecule has 144 valence electrons. The zero-order valence-corrected chi connectivity index (χ0v) is 18.9. The fourth-order valence-corrected chi connectivity index (χ4v) is 4.03. The normalized spacial score (nSPS) is 11.9. The highest BCUT2D eigenvalue weighted by Gasteiger charge is 2.17. The van der Waals surface area contributed by atoms with Gasteiger partial charge in [0.25, 0.3) is 0 Å². The van der Waals surface area contributed by atoms with Crippen LogP contribution in [0.2, 0.25) is 25.7 Å². The van der Waals surface area contributed by atoms with Gasteiger partial charge >= 0.3 is 0 Å². The Hall–Kier alpha value is -1.70. The monoisotopic (exact) mass is 447 g/mol. The fraction of sp³-hybridized carbons (Fsp3) is 0.400. The largest absolute Gasteiger partial charge is 0.472 e. The molecule has 3 rings (SSSR count). The Morgan fingerprint density at radius 1 is 1.11 bits per heavy atom. The summed E-state index contributed by atoms with van der Waals surface area (Å²) in [6.45, 7) is 10.7. The lowest BCUT2D eigenvalue weighted by molar-refractivity contribution is 0.0898. The van der Waals surface area contributed by atoms with Crippen LogP contribution in [0.5, 0.6) is 5.88 Å². The lowest BCUT2D eigenvalue weighted by Crippen LogP contribution is -2.22. The molecule has 5 nitrogen and oxygen atoms in total. The van der Waals surface area contributed by atoms with Crippen molar-refractivity contribution in [3.8, 4) is 5.88 Å². The maximum absolute atomic E-state index is 6.02. The van der Waals surface area contributed by atoms with Gasteiger partial charge in [-0.25, -0.2) is 4.98 Å². The van der Waals surface area contributed by atoms with Gasteiger partial charge in [0.15, 0.2) is 5.65 Å². The number of halogens is 1. The maximum Gasteiger partial charge on any atom is 0.227 e. The number of ether oxygens (including phenoxy) is 2. The summed E-state index contributed by atoms with van der Waals surface area (Å²) < 4.78 is 14.8. The van der Waals surface area contributed by atoms with Gasteiger partial charge in [0, 0.05) is 20.9 Å². The van der Waals surface area contributed by atoms with E-state index in [-0.39, 0.29) is 0 Å². The zero-order chi connectivity index (χ0) is 19.4. The van der Waals surface area contributed by atoms with E-state index in [1.165, 1.54) is 0 Å². The zero-order valence-electron chi connectivity index (χ0n) is 16.3. The lowest BCUT2D eigenvalue weighted by atomic mass is 10.2. The number of rotatable bonds is 8. The molecule has 0 fully saturated rings. The Morgan fingerprint density at radius 2 is 1.85 bits per heavy atom. The summed E-state index contributed by atoms with van der Waals surface area (Å²) >= 11 is 3.63. The third kappa shape index (κ3) is 5.40. The molecule has 3 aromatic rings. The summed E-state index contributed by atoms with van der Waals surface area (Å²) in [5.41, 5.74) is 1.93. The average molecular weight is 448 g/mol. The van der Waals surface area contributed by atoms with Crippen LogP contribution in [0.25, 0.3) is 11.0 Å². The van der Waals surface area contributed by atoms with E-state index in [1.807, 2.05) is 48.0 Å². The maximum atomic E-state index is 6.02. The standard InChI is InChI=1S/C20H26BrN3O2Si/c1-15-22-19-18(20(23-15)26-13-16-8-6-5-7-9-16)17(21)12-24(19)14-25-10-11-27(2,3)4/h5-9,12H,10-11,13-14H2,1-4H3. The van der Waals surface area contributed by atoms with Crippen LogP contribution >= 0.6 is 15.9 Å². The van der Waals surface area contributed by atoms with Crippen LogP contribution in [0, 0.1) is 6.92 Å². The smallest absolute Gasteiger partial charge is 0.227 e. The van der Waals surface area contributed by atoms with Gasteiger partial charge in [-0.05, 0) is 34.5 Å². The molecule has 0 unspecified atom stereocenters. The number of hydrogen-bond acceptors (Lipinski definition) is 4. The lowest BCUT2D eigenvalue weighted by Gasteiger charge is -2.15. The molecule has 0 aliphatic heterocycles. The molecule has 1 aromatic carbocycles. The summed E-state index contributed by atoms with van der Waals surface area (Å²) in [7, 11) is -1.09. The second kappa shape index (κ2) is 8.54. The number of nitrogens with zero attached hydrogens (tertiary/aromatic N) is 3. The average Bonchev–Trinajstić information content (AvgIpc) is 2.92. The molecule has 0 amide bonds. The minimum absolute atomic E-state index is 0.469. The highest BCUT2D eigenvalue weighted by molar-refractivity contribution is 9.10. The first-order chi connectivity index (χ1) is 12.8. The van der Waals surface area contributed by atoms with Crippen LogP contribution in [0.15, 0.2) is 41.0 Å². The Bertz CT molecular complexity index is 907. The third-order valence-corrected chi connectivity index (χ3v) is 6.50. The molecular weight excluding hydrogens is 422 g/mol. The number of fused-ring (bicyclic) bond motifs is 1. The second-order valence-electron chi connectivity index (χ2n) is 7.84. The predicted molar refractivity (Wildman–Crippen MR) is 115 cm³/mol. The molecule has 0 spiro atoms. The molecule has 0 saturated heterocycles. The number of hydrogen-bond donors (Lipinski definition) is 0. The second-order valence-corrected chi connectivity index (χ2v) is 14.3. The number of benzene rings is 1. The van der Waals surface area contributed by atoms with E-state index in [0.29, 0.717) is 25.0 Å². The van der Waals surface area contributed by atoms with Crippen LogP contribution < -0.4 is 4.74 Å². The summed E-state index contributed by atoms with van der Waals surface area (Å²) in [5.74, 6) is 1.27. The summed E-state index contributed by atoms with van der Waals surface area (Å²) in [6, 6.07) is 11.2. The van der Waals surface area contributed by atoms with Crippen molar-refractivity contribution < 1.29 is 9.47 Å². The van der Waals surface area contributed by atoms with Crippen molar-refractivity contribution >= 4 is 35.0 Å². The SMILES string of the molecule is Cc1nc(OCc2ccccc2)c2c(Br)cn(COCC[Si](C)(C)C)c2n1. The molecule has 2 heterocycles. The molecule has 7 heteroatoms. The van der Waals surface area contributed by atoms with E-state index in [4.69, 9.17) is 9.47 Å².